The molecule has 3 rings (SSSR count). The highest BCUT2D eigenvalue weighted by atomic mass is 16.5. The van der Waals surface area contributed by atoms with Crippen LogP contribution < -0.4 is 10.1 Å². The van der Waals surface area contributed by atoms with Crippen LogP contribution in [-0.2, 0) is 4.74 Å². The van der Waals surface area contributed by atoms with Crippen molar-refractivity contribution in [2.24, 2.45) is 0 Å². The molecule has 2 heterocycles. The monoisotopic (exact) mass is 360 g/mol. The molecular weight excluding hydrogens is 328 g/mol. The molecular formula is C21H32N2O3. The van der Waals surface area contributed by atoms with Gasteiger partial charge in [-0.25, -0.2) is 0 Å². The molecule has 0 radical (unpaired) electrons. The molecule has 5 nitrogen and oxygen atoms in total. The Balaban J connectivity index is 1.61. The summed E-state index contributed by atoms with van der Waals surface area (Å²) >= 11 is 0. The van der Waals surface area contributed by atoms with Crippen molar-refractivity contribution in [3.63, 3.8) is 0 Å². The van der Waals surface area contributed by atoms with Crippen LogP contribution in [0.3, 0.4) is 0 Å². The van der Waals surface area contributed by atoms with Crippen LogP contribution in [0.2, 0.25) is 0 Å². The highest BCUT2D eigenvalue weighted by Gasteiger charge is 2.42. The van der Waals surface area contributed by atoms with E-state index in [-0.39, 0.29) is 23.2 Å². The van der Waals surface area contributed by atoms with Crippen LogP contribution in [-0.4, -0.2) is 54.3 Å². The molecule has 1 N–H and O–H groups in total. The van der Waals surface area contributed by atoms with Crippen molar-refractivity contribution in [1.29, 1.82) is 0 Å². The van der Waals surface area contributed by atoms with E-state index in [0.717, 1.165) is 56.0 Å². The zero-order valence-electron chi connectivity index (χ0n) is 16.7. The van der Waals surface area contributed by atoms with E-state index in [9.17, 15) is 4.79 Å². The van der Waals surface area contributed by atoms with Crippen LogP contribution >= 0.6 is 0 Å². The van der Waals surface area contributed by atoms with E-state index in [2.05, 4.69) is 19.2 Å². The minimum Gasteiger partial charge on any atom is -0.491 e. The average molecular weight is 360 g/mol. The quantitative estimate of drug-likeness (QED) is 0.900. The second-order valence-corrected chi connectivity index (χ2v) is 8.65. The first kappa shape index (κ1) is 19.2. The van der Waals surface area contributed by atoms with Crippen LogP contribution in [0.15, 0.2) is 18.2 Å². The predicted molar refractivity (Wildman–Crippen MR) is 103 cm³/mol. The molecule has 1 aromatic carbocycles. The number of rotatable bonds is 3. The third kappa shape index (κ3) is 4.21. The van der Waals surface area contributed by atoms with Gasteiger partial charge in [0.1, 0.15) is 5.75 Å². The zero-order chi connectivity index (χ0) is 18.9. The van der Waals surface area contributed by atoms with Crippen molar-refractivity contribution >= 4 is 5.91 Å². The lowest BCUT2D eigenvalue weighted by Gasteiger charge is -2.48. The van der Waals surface area contributed by atoms with Crippen LogP contribution in [0, 0.1) is 6.92 Å². The summed E-state index contributed by atoms with van der Waals surface area (Å²) in [6.07, 6.45) is 1.90. The number of aryl methyl sites for hydroxylation is 1. The number of carbonyl (C=O) groups is 1. The van der Waals surface area contributed by atoms with Crippen molar-refractivity contribution in [3.05, 3.63) is 29.3 Å². The fourth-order valence-corrected chi connectivity index (χ4v) is 3.63. The number of benzene rings is 1. The molecule has 2 aliphatic rings. The SMILES string of the molecule is Cc1cc(C(=O)N2CCC3(CC2)CNC(C)(C)CO3)ccc1OC(C)C. The highest BCUT2D eigenvalue weighted by molar-refractivity contribution is 5.94. The van der Waals surface area contributed by atoms with Gasteiger partial charge in [0.2, 0.25) is 0 Å². The van der Waals surface area contributed by atoms with E-state index < -0.39 is 0 Å². The normalized spacial score (nSPS) is 21.8. The number of nitrogens with one attached hydrogen (secondary N) is 1. The van der Waals surface area contributed by atoms with E-state index in [4.69, 9.17) is 9.47 Å². The Morgan fingerprint density at radius 2 is 1.96 bits per heavy atom. The summed E-state index contributed by atoms with van der Waals surface area (Å²) in [4.78, 5) is 14.8. The minimum atomic E-state index is -0.114. The first-order chi connectivity index (χ1) is 12.2. The number of likely N-dealkylation sites (tertiary alicyclic amines) is 1. The number of piperidine rings is 1. The molecule has 0 saturated carbocycles. The van der Waals surface area contributed by atoms with E-state index in [0.29, 0.717) is 0 Å². The lowest BCUT2D eigenvalue weighted by molar-refractivity contribution is -0.125. The maximum absolute atomic E-state index is 12.9. The van der Waals surface area contributed by atoms with Crippen molar-refractivity contribution in [3.8, 4) is 5.75 Å². The summed E-state index contributed by atoms with van der Waals surface area (Å²) in [5.41, 5.74) is 1.66. The Bertz CT molecular complexity index is 649. The molecule has 26 heavy (non-hydrogen) atoms. The number of morpholine rings is 1. The van der Waals surface area contributed by atoms with Gasteiger partial charge < -0.3 is 19.7 Å². The molecule has 2 fully saturated rings. The maximum Gasteiger partial charge on any atom is 0.253 e. The largest absolute Gasteiger partial charge is 0.491 e. The fourth-order valence-electron chi connectivity index (χ4n) is 3.63. The Morgan fingerprint density at radius 3 is 2.50 bits per heavy atom. The minimum absolute atomic E-state index is 0.0372. The molecule has 0 aliphatic carbocycles. The second-order valence-electron chi connectivity index (χ2n) is 8.65. The Morgan fingerprint density at radius 1 is 1.27 bits per heavy atom. The van der Waals surface area contributed by atoms with Gasteiger partial charge in [-0.1, -0.05) is 0 Å². The Labute approximate surface area is 157 Å². The number of nitrogens with zero attached hydrogens (tertiary/aromatic N) is 1. The molecule has 1 aromatic rings. The molecule has 0 bridgehead atoms. The highest BCUT2D eigenvalue weighted by Crippen LogP contribution is 2.31. The fraction of sp³-hybridized carbons (Fsp3) is 0.667. The van der Waals surface area contributed by atoms with Gasteiger partial charge in [0.15, 0.2) is 0 Å². The molecule has 144 valence electrons. The number of hydrogen-bond acceptors (Lipinski definition) is 4. The van der Waals surface area contributed by atoms with Gasteiger partial charge >= 0.3 is 0 Å². The first-order valence-electron chi connectivity index (χ1n) is 9.65. The predicted octanol–water partition coefficient (Wildman–Crippen LogP) is 3.16. The molecule has 1 spiro atoms. The summed E-state index contributed by atoms with van der Waals surface area (Å²) in [6, 6.07) is 5.72. The Kier molecular flexibility index (Phi) is 5.31. The van der Waals surface area contributed by atoms with Crippen LogP contribution in [0.25, 0.3) is 0 Å². The van der Waals surface area contributed by atoms with Gasteiger partial charge in [0.25, 0.3) is 5.91 Å². The standard InChI is InChI=1S/C21H32N2O3/c1-15(2)26-18-7-6-17(12-16(18)3)19(24)23-10-8-21(9-11-23)13-22-20(4,5)14-25-21/h6-7,12,15,22H,8-11,13-14H2,1-5H3. The number of hydrogen-bond donors (Lipinski definition) is 1. The summed E-state index contributed by atoms with van der Waals surface area (Å²) in [5.74, 6) is 0.946. The first-order valence-corrected chi connectivity index (χ1v) is 9.65. The third-order valence-corrected chi connectivity index (χ3v) is 5.37. The molecule has 0 unspecified atom stereocenters. The van der Waals surface area contributed by atoms with E-state index in [1.165, 1.54) is 0 Å². The maximum atomic E-state index is 12.9. The topological polar surface area (TPSA) is 50.8 Å². The number of carbonyl (C=O) groups excluding carboxylic acids is 1. The molecule has 1 amide bonds. The third-order valence-electron chi connectivity index (χ3n) is 5.37. The molecule has 0 aromatic heterocycles. The summed E-state index contributed by atoms with van der Waals surface area (Å²) in [7, 11) is 0. The van der Waals surface area contributed by atoms with E-state index >= 15 is 0 Å². The lowest BCUT2D eigenvalue weighted by atomic mass is 9.87. The molecule has 2 saturated heterocycles. The van der Waals surface area contributed by atoms with Gasteiger partial charge in [-0.2, -0.15) is 0 Å². The average Bonchev–Trinajstić information content (AvgIpc) is 2.59. The molecule has 5 heteroatoms. The van der Waals surface area contributed by atoms with E-state index in [1.54, 1.807) is 0 Å². The zero-order valence-corrected chi connectivity index (χ0v) is 16.7. The van der Waals surface area contributed by atoms with Gasteiger partial charge in [-0.05, 0) is 71.2 Å². The summed E-state index contributed by atoms with van der Waals surface area (Å²) in [5, 5.41) is 3.58. The molecule has 0 atom stereocenters. The van der Waals surface area contributed by atoms with Crippen LogP contribution in [0.1, 0.15) is 56.5 Å². The summed E-state index contributed by atoms with van der Waals surface area (Å²) in [6.45, 7) is 13.4. The second kappa shape index (κ2) is 7.20. The van der Waals surface area contributed by atoms with Crippen LogP contribution in [0.4, 0.5) is 0 Å². The Hall–Kier alpha value is -1.59. The van der Waals surface area contributed by atoms with Crippen LogP contribution in [0.5, 0.6) is 5.75 Å². The van der Waals surface area contributed by atoms with Crippen molar-refractivity contribution in [2.45, 2.75) is 64.7 Å². The van der Waals surface area contributed by atoms with Crippen molar-refractivity contribution in [1.82, 2.24) is 10.2 Å². The van der Waals surface area contributed by atoms with Gasteiger partial charge in [-0.3, -0.25) is 4.79 Å². The van der Waals surface area contributed by atoms with Gasteiger partial charge in [0.05, 0.1) is 18.3 Å². The summed E-state index contributed by atoms with van der Waals surface area (Å²) < 4.78 is 12.0. The lowest BCUT2D eigenvalue weighted by Crippen LogP contribution is -2.62. The van der Waals surface area contributed by atoms with Crippen molar-refractivity contribution < 1.29 is 14.3 Å². The molecule has 2 aliphatic heterocycles. The van der Waals surface area contributed by atoms with Gasteiger partial charge in [-0.15, -0.1) is 0 Å². The number of amides is 1. The van der Waals surface area contributed by atoms with Crippen molar-refractivity contribution in [2.75, 3.05) is 26.2 Å². The van der Waals surface area contributed by atoms with E-state index in [1.807, 2.05) is 43.9 Å². The number of ether oxygens (including phenoxy) is 2. The smallest absolute Gasteiger partial charge is 0.253 e. The van der Waals surface area contributed by atoms with Gasteiger partial charge in [0, 0.05) is 30.7 Å².